The molecule has 2 aromatic carbocycles. The fourth-order valence-electron chi connectivity index (χ4n) is 4.55. The molecular weight excluding hydrogens is 400 g/mol. The van der Waals surface area contributed by atoms with Gasteiger partial charge in [0.05, 0.1) is 30.8 Å². The summed E-state index contributed by atoms with van der Waals surface area (Å²) in [6.45, 7) is 2.63. The molecule has 6 heteroatoms. The van der Waals surface area contributed by atoms with Crippen LogP contribution in [-0.2, 0) is 27.4 Å². The van der Waals surface area contributed by atoms with E-state index in [1.54, 1.807) is 0 Å². The summed E-state index contributed by atoms with van der Waals surface area (Å²) in [6.07, 6.45) is 4.32. The molecule has 160 valence electrons. The van der Waals surface area contributed by atoms with E-state index in [4.69, 9.17) is 9.47 Å². The maximum atomic E-state index is 12.0. The summed E-state index contributed by atoms with van der Waals surface area (Å²) >= 11 is 0. The lowest BCUT2D eigenvalue weighted by Crippen LogP contribution is -2.26. The second-order valence-electron chi connectivity index (χ2n) is 8.40. The zero-order chi connectivity index (χ0) is 21.3. The van der Waals surface area contributed by atoms with E-state index in [2.05, 4.69) is 19.1 Å². The Balaban J connectivity index is 1.59. The van der Waals surface area contributed by atoms with Crippen LogP contribution in [0.4, 0.5) is 0 Å². The van der Waals surface area contributed by atoms with Crippen molar-refractivity contribution in [1.82, 2.24) is 0 Å². The maximum Gasteiger partial charge on any atom is 0.337 e. The minimum Gasteiger partial charge on any atom is -0.493 e. The van der Waals surface area contributed by atoms with Gasteiger partial charge in [-0.1, -0.05) is 6.07 Å². The van der Waals surface area contributed by atoms with Crippen molar-refractivity contribution in [3.8, 4) is 16.9 Å². The number of fused-ring (bicyclic) bond motifs is 3. The molecule has 1 fully saturated rings. The van der Waals surface area contributed by atoms with Crippen molar-refractivity contribution in [2.24, 2.45) is 5.92 Å². The first-order chi connectivity index (χ1) is 14.4. The van der Waals surface area contributed by atoms with Gasteiger partial charge < -0.3 is 9.47 Å². The predicted octanol–water partition coefficient (Wildman–Crippen LogP) is 4.14. The zero-order valence-electron chi connectivity index (χ0n) is 17.6. The molecule has 1 aliphatic heterocycles. The molecule has 1 saturated heterocycles. The first-order valence-corrected chi connectivity index (χ1v) is 12.4. The average Bonchev–Trinajstić information content (AvgIpc) is 2.91. The van der Waals surface area contributed by atoms with Crippen LogP contribution in [0.2, 0.25) is 0 Å². The van der Waals surface area contributed by atoms with E-state index in [9.17, 15) is 13.2 Å². The highest BCUT2D eigenvalue weighted by molar-refractivity contribution is 7.91. The third-order valence-electron chi connectivity index (χ3n) is 6.24. The van der Waals surface area contributed by atoms with Gasteiger partial charge in [0.2, 0.25) is 0 Å². The number of rotatable bonds is 4. The largest absolute Gasteiger partial charge is 0.493 e. The Labute approximate surface area is 178 Å². The molecule has 0 N–H and O–H groups in total. The molecule has 5 nitrogen and oxygen atoms in total. The molecule has 2 aliphatic rings. The third kappa shape index (κ3) is 4.38. The monoisotopic (exact) mass is 428 g/mol. The Morgan fingerprint density at radius 3 is 2.53 bits per heavy atom. The van der Waals surface area contributed by atoms with E-state index >= 15 is 0 Å². The summed E-state index contributed by atoms with van der Waals surface area (Å²) in [5, 5.41) is 0. The normalized spacial score (nSPS) is 18.1. The van der Waals surface area contributed by atoms with Gasteiger partial charge in [-0.25, -0.2) is 13.2 Å². The molecule has 0 radical (unpaired) electrons. The van der Waals surface area contributed by atoms with Crippen LogP contribution in [0.3, 0.4) is 0 Å². The van der Waals surface area contributed by atoms with Crippen LogP contribution in [0.15, 0.2) is 30.3 Å². The number of methoxy groups -OCH3 is 1. The minimum atomic E-state index is -2.85. The van der Waals surface area contributed by atoms with Gasteiger partial charge in [-0.3, -0.25) is 0 Å². The van der Waals surface area contributed by atoms with E-state index in [0.29, 0.717) is 25.0 Å². The molecule has 2 aromatic rings. The van der Waals surface area contributed by atoms with Crippen LogP contribution in [0, 0.1) is 12.8 Å². The number of benzene rings is 2. The molecule has 0 aromatic heterocycles. The van der Waals surface area contributed by atoms with E-state index in [-0.39, 0.29) is 23.4 Å². The summed E-state index contributed by atoms with van der Waals surface area (Å²) < 4.78 is 34.3. The van der Waals surface area contributed by atoms with E-state index in [0.717, 1.165) is 36.1 Å². The van der Waals surface area contributed by atoms with Gasteiger partial charge in [0.1, 0.15) is 15.6 Å². The highest BCUT2D eigenvalue weighted by atomic mass is 32.2. The molecule has 0 unspecified atom stereocenters. The molecule has 1 heterocycles. The second-order valence-corrected chi connectivity index (χ2v) is 10.7. The van der Waals surface area contributed by atoms with Crippen LogP contribution in [0.5, 0.6) is 5.75 Å². The van der Waals surface area contributed by atoms with Crippen molar-refractivity contribution >= 4 is 15.8 Å². The van der Waals surface area contributed by atoms with Crippen LogP contribution >= 0.6 is 0 Å². The van der Waals surface area contributed by atoms with Crippen molar-refractivity contribution in [1.29, 1.82) is 0 Å². The molecule has 30 heavy (non-hydrogen) atoms. The van der Waals surface area contributed by atoms with Gasteiger partial charge in [-0.15, -0.1) is 0 Å². The van der Waals surface area contributed by atoms with E-state index in [1.807, 2.05) is 18.2 Å². The molecule has 0 spiro atoms. The quantitative estimate of drug-likeness (QED) is 0.685. The number of carbonyl (C=O) groups excluding carboxylic acids is 1. The van der Waals surface area contributed by atoms with Gasteiger partial charge >= 0.3 is 5.97 Å². The summed E-state index contributed by atoms with van der Waals surface area (Å²) in [4.78, 5) is 12.0. The highest BCUT2D eigenvalue weighted by Gasteiger charge is 2.24. The van der Waals surface area contributed by atoms with Gasteiger partial charge in [-0.05, 0) is 97.0 Å². The topological polar surface area (TPSA) is 69.7 Å². The lowest BCUT2D eigenvalue weighted by atomic mass is 9.91. The fourth-order valence-corrected chi connectivity index (χ4v) is 6.14. The number of carbonyl (C=O) groups is 1. The summed E-state index contributed by atoms with van der Waals surface area (Å²) in [7, 11) is -1.45. The van der Waals surface area contributed by atoms with Crippen molar-refractivity contribution in [3.63, 3.8) is 0 Å². The highest BCUT2D eigenvalue weighted by Crippen LogP contribution is 2.38. The lowest BCUT2D eigenvalue weighted by Gasteiger charge is -2.23. The molecule has 0 atom stereocenters. The van der Waals surface area contributed by atoms with Crippen molar-refractivity contribution in [2.75, 3.05) is 25.2 Å². The Hall–Kier alpha value is -2.34. The standard InChI is InChI=1S/C24H28O5S/c1-16-12-21(29-15-17-8-10-30(26,27)11-9-17)13-19-5-3-4-18-6-7-20(24(25)28-2)14-22(18)23(16)19/h6-7,12-14,17H,3-5,8-11,15H2,1-2H3. The van der Waals surface area contributed by atoms with Gasteiger partial charge in [-0.2, -0.15) is 0 Å². The third-order valence-corrected chi connectivity index (χ3v) is 7.96. The average molecular weight is 429 g/mol. The Bertz CT molecular complexity index is 1060. The molecule has 0 amide bonds. The van der Waals surface area contributed by atoms with Gasteiger partial charge in [0.25, 0.3) is 0 Å². The smallest absolute Gasteiger partial charge is 0.337 e. The molecule has 0 saturated carbocycles. The van der Waals surface area contributed by atoms with E-state index in [1.165, 1.54) is 23.8 Å². The summed E-state index contributed by atoms with van der Waals surface area (Å²) in [5.74, 6) is 1.34. The Morgan fingerprint density at radius 1 is 1.07 bits per heavy atom. The minimum absolute atomic E-state index is 0.267. The van der Waals surface area contributed by atoms with Crippen LogP contribution < -0.4 is 4.74 Å². The number of hydrogen-bond donors (Lipinski definition) is 0. The number of ether oxygens (including phenoxy) is 2. The second kappa shape index (κ2) is 8.42. The maximum absolute atomic E-state index is 12.0. The first kappa shape index (κ1) is 20.9. The van der Waals surface area contributed by atoms with Crippen LogP contribution in [-0.4, -0.2) is 39.6 Å². The van der Waals surface area contributed by atoms with Crippen molar-refractivity contribution < 1.29 is 22.7 Å². The van der Waals surface area contributed by atoms with Gasteiger partial charge in [0, 0.05) is 0 Å². The Morgan fingerprint density at radius 2 is 1.80 bits per heavy atom. The number of sulfone groups is 1. The molecular formula is C24H28O5S. The number of hydrogen-bond acceptors (Lipinski definition) is 5. The lowest BCUT2D eigenvalue weighted by molar-refractivity contribution is 0.0600. The molecule has 0 bridgehead atoms. The van der Waals surface area contributed by atoms with Crippen molar-refractivity contribution in [3.05, 3.63) is 52.6 Å². The molecule has 1 aliphatic carbocycles. The first-order valence-electron chi connectivity index (χ1n) is 10.5. The SMILES string of the molecule is COC(=O)c1ccc2c(c1)-c1c(C)cc(OCC3CCS(=O)(=O)CC3)cc1CCC2. The van der Waals surface area contributed by atoms with Crippen LogP contribution in [0.1, 0.15) is 46.3 Å². The predicted molar refractivity (Wildman–Crippen MR) is 117 cm³/mol. The fraction of sp³-hybridized carbons (Fsp3) is 0.458. The summed E-state index contributed by atoms with van der Waals surface area (Å²) in [5.41, 5.74) is 6.46. The Kier molecular flexibility index (Phi) is 5.87. The number of esters is 1. The zero-order valence-corrected chi connectivity index (χ0v) is 18.4. The van der Waals surface area contributed by atoms with Crippen LogP contribution in [0.25, 0.3) is 11.1 Å². The number of aryl methyl sites for hydroxylation is 3. The van der Waals surface area contributed by atoms with Crippen molar-refractivity contribution in [2.45, 2.75) is 39.0 Å². The molecule has 4 rings (SSSR count). The summed E-state index contributed by atoms with van der Waals surface area (Å²) in [6, 6.07) is 9.99. The van der Waals surface area contributed by atoms with E-state index < -0.39 is 9.84 Å². The van der Waals surface area contributed by atoms with Gasteiger partial charge in [0.15, 0.2) is 0 Å².